The lowest BCUT2D eigenvalue weighted by molar-refractivity contribution is 0.313. The van der Waals surface area contributed by atoms with Crippen molar-refractivity contribution < 1.29 is 4.74 Å². The molecule has 0 unspecified atom stereocenters. The van der Waals surface area contributed by atoms with Gasteiger partial charge in [0.1, 0.15) is 11.3 Å². The van der Waals surface area contributed by atoms with Gasteiger partial charge in [-0.25, -0.2) is 0 Å². The van der Waals surface area contributed by atoms with Crippen LogP contribution < -0.4 is 4.74 Å². The van der Waals surface area contributed by atoms with Gasteiger partial charge in [0, 0.05) is 11.6 Å². The second-order valence-corrected chi connectivity index (χ2v) is 4.06. The minimum atomic E-state index is 0.732. The SMILES string of the molecule is SCCCCOc1cccc2cccnc12. The Morgan fingerprint density at radius 3 is 2.88 bits per heavy atom. The highest BCUT2D eigenvalue weighted by Crippen LogP contribution is 2.22. The van der Waals surface area contributed by atoms with E-state index in [4.69, 9.17) is 4.74 Å². The number of ether oxygens (including phenoxy) is 1. The summed E-state index contributed by atoms with van der Waals surface area (Å²) < 4.78 is 5.72. The summed E-state index contributed by atoms with van der Waals surface area (Å²) in [6.45, 7) is 0.732. The summed E-state index contributed by atoms with van der Waals surface area (Å²) in [7, 11) is 0. The number of hydrogen-bond donors (Lipinski definition) is 1. The topological polar surface area (TPSA) is 22.1 Å². The van der Waals surface area contributed by atoms with Crippen LogP contribution in [0.2, 0.25) is 0 Å². The lowest BCUT2D eigenvalue weighted by Crippen LogP contribution is -1.98. The maximum absolute atomic E-state index is 5.72. The molecule has 0 amide bonds. The second kappa shape index (κ2) is 5.75. The summed E-state index contributed by atoms with van der Waals surface area (Å²) in [6, 6.07) is 9.99. The van der Waals surface area contributed by atoms with E-state index in [-0.39, 0.29) is 0 Å². The number of nitrogens with zero attached hydrogens (tertiary/aromatic N) is 1. The Kier molecular flexibility index (Phi) is 4.05. The van der Waals surface area contributed by atoms with Crippen LogP contribution in [0.1, 0.15) is 12.8 Å². The van der Waals surface area contributed by atoms with Gasteiger partial charge in [0.05, 0.1) is 6.61 Å². The van der Waals surface area contributed by atoms with E-state index < -0.39 is 0 Å². The van der Waals surface area contributed by atoms with Gasteiger partial charge < -0.3 is 4.74 Å². The number of fused-ring (bicyclic) bond motifs is 1. The van der Waals surface area contributed by atoms with Crippen LogP contribution in [0.3, 0.4) is 0 Å². The number of aromatic nitrogens is 1. The van der Waals surface area contributed by atoms with Crippen molar-refractivity contribution in [3.8, 4) is 5.75 Å². The molecular weight excluding hydrogens is 218 g/mol. The van der Waals surface area contributed by atoms with Crippen molar-refractivity contribution in [1.82, 2.24) is 4.98 Å². The van der Waals surface area contributed by atoms with Gasteiger partial charge in [-0.3, -0.25) is 4.98 Å². The summed E-state index contributed by atoms with van der Waals surface area (Å²) in [5.41, 5.74) is 0.941. The predicted octanol–water partition coefficient (Wildman–Crippen LogP) is 3.32. The normalized spacial score (nSPS) is 10.6. The summed E-state index contributed by atoms with van der Waals surface area (Å²) >= 11 is 4.17. The van der Waals surface area contributed by atoms with Crippen LogP contribution in [0.15, 0.2) is 36.5 Å². The first kappa shape index (κ1) is 11.3. The molecule has 84 valence electrons. The van der Waals surface area contributed by atoms with Gasteiger partial charge in [-0.15, -0.1) is 0 Å². The molecule has 0 atom stereocenters. The monoisotopic (exact) mass is 233 g/mol. The number of benzene rings is 1. The van der Waals surface area contributed by atoms with Crippen LogP contribution >= 0.6 is 12.6 Å². The summed E-state index contributed by atoms with van der Waals surface area (Å²) in [4.78, 5) is 4.34. The van der Waals surface area contributed by atoms with Crippen molar-refractivity contribution in [3.05, 3.63) is 36.5 Å². The molecule has 1 aromatic heterocycles. The molecule has 1 aromatic carbocycles. The van der Waals surface area contributed by atoms with E-state index in [1.54, 1.807) is 6.20 Å². The molecule has 0 aliphatic rings. The summed E-state index contributed by atoms with van der Waals surface area (Å²) in [5.74, 6) is 1.79. The maximum atomic E-state index is 5.72. The van der Waals surface area contributed by atoms with Crippen molar-refractivity contribution in [2.45, 2.75) is 12.8 Å². The van der Waals surface area contributed by atoms with Crippen LogP contribution in [-0.4, -0.2) is 17.3 Å². The number of pyridine rings is 1. The Morgan fingerprint density at radius 2 is 2.00 bits per heavy atom. The largest absolute Gasteiger partial charge is 0.491 e. The van der Waals surface area contributed by atoms with Crippen LogP contribution in [0, 0.1) is 0 Å². The van der Waals surface area contributed by atoms with Crippen molar-refractivity contribution in [3.63, 3.8) is 0 Å². The van der Waals surface area contributed by atoms with E-state index in [0.29, 0.717) is 0 Å². The number of unbranched alkanes of at least 4 members (excludes halogenated alkanes) is 1. The Labute approximate surface area is 101 Å². The minimum Gasteiger partial charge on any atom is -0.491 e. The van der Waals surface area contributed by atoms with Crippen molar-refractivity contribution in [2.24, 2.45) is 0 Å². The van der Waals surface area contributed by atoms with Crippen LogP contribution in [-0.2, 0) is 0 Å². The van der Waals surface area contributed by atoms with E-state index in [1.165, 1.54) is 0 Å². The molecule has 0 radical (unpaired) electrons. The average Bonchev–Trinajstić information content (AvgIpc) is 2.35. The van der Waals surface area contributed by atoms with Crippen molar-refractivity contribution >= 4 is 23.5 Å². The molecule has 0 spiro atoms. The Hall–Kier alpha value is -1.22. The fourth-order valence-electron chi connectivity index (χ4n) is 1.59. The lowest BCUT2D eigenvalue weighted by atomic mass is 10.2. The Balaban J connectivity index is 2.11. The van der Waals surface area contributed by atoms with E-state index in [2.05, 4.69) is 17.6 Å². The molecule has 0 fully saturated rings. The van der Waals surface area contributed by atoms with Crippen LogP contribution in [0.4, 0.5) is 0 Å². The van der Waals surface area contributed by atoms with Gasteiger partial charge in [0.15, 0.2) is 0 Å². The fraction of sp³-hybridized carbons (Fsp3) is 0.308. The first-order valence-corrected chi connectivity index (χ1v) is 6.12. The van der Waals surface area contributed by atoms with Crippen molar-refractivity contribution in [1.29, 1.82) is 0 Å². The third-order valence-corrected chi connectivity index (χ3v) is 2.72. The molecule has 0 saturated heterocycles. The number of para-hydroxylation sites is 1. The number of thiol groups is 1. The standard InChI is InChI=1S/C13H15NOS/c16-10-2-1-9-15-12-7-3-5-11-6-4-8-14-13(11)12/h3-8,16H,1-2,9-10H2. The van der Waals surface area contributed by atoms with Gasteiger partial charge in [-0.1, -0.05) is 18.2 Å². The van der Waals surface area contributed by atoms with Gasteiger partial charge in [-0.2, -0.15) is 12.6 Å². The van der Waals surface area contributed by atoms with Crippen LogP contribution in [0.25, 0.3) is 10.9 Å². The summed E-state index contributed by atoms with van der Waals surface area (Å²) in [6.07, 6.45) is 3.91. The molecule has 0 aliphatic carbocycles. The van der Waals surface area contributed by atoms with E-state index in [1.807, 2.05) is 30.3 Å². The van der Waals surface area contributed by atoms with E-state index in [0.717, 1.165) is 41.9 Å². The van der Waals surface area contributed by atoms with Crippen LogP contribution in [0.5, 0.6) is 5.75 Å². The smallest absolute Gasteiger partial charge is 0.145 e. The fourth-order valence-corrected chi connectivity index (χ4v) is 1.81. The molecule has 0 bridgehead atoms. The highest BCUT2D eigenvalue weighted by Gasteiger charge is 2.01. The first-order chi connectivity index (χ1) is 7.92. The molecule has 1 heterocycles. The highest BCUT2D eigenvalue weighted by atomic mass is 32.1. The van der Waals surface area contributed by atoms with Gasteiger partial charge >= 0.3 is 0 Å². The Morgan fingerprint density at radius 1 is 1.12 bits per heavy atom. The molecule has 0 aliphatic heterocycles. The average molecular weight is 233 g/mol. The zero-order valence-corrected chi connectivity index (χ0v) is 9.99. The van der Waals surface area contributed by atoms with Gasteiger partial charge in [0.25, 0.3) is 0 Å². The third kappa shape index (κ3) is 2.67. The second-order valence-electron chi connectivity index (χ2n) is 3.61. The van der Waals surface area contributed by atoms with Gasteiger partial charge in [-0.05, 0) is 30.7 Å². The quantitative estimate of drug-likeness (QED) is 0.632. The van der Waals surface area contributed by atoms with E-state index >= 15 is 0 Å². The Bertz CT molecular complexity index is 453. The minimum absolute atomic E-state index is 0.732. The zero-order chi connectivity index (χ0) is 11.2. The third-order valence-electron chi connectivity index (χ3n) is 2.41. The molecule has 2 rings (SSSR count). The summed E-state index contributed by atoms with van der Waals surface area (Å²) in [5, 5.41) is 1.12. The molecular formula is C13H15NOS. The predicted molar refractivity (Wildman–Crippen MR) is 70.3 cm³/mol. The molecule has 2 aromatic rings. The molecule has 2 nitrogen and oxygen atoms in total. The van der Waals surface area contributed by atoms with E-state index in [9.17, 15) is 0 Å². The first-order valence-electron chi connectivity index (χ1n) is 5.49. The number of hydrogen-bond acceptors (Lipinski definition) is 3. The number of rotatable bonds is 5. The molecule has 0 saturated carbocycles. The molecule has 3 heteroatoms. The zero-order valence-electron chi connectivity index (χ0n) is 9.10. The van der Waals surface area contributed by atoms with Crippen molar-refractivity contribution in [2.75, 3.05) is 12.4 Å². The van der Waals surface area contributed by atoms with Gasteiger partial charge in [0.2, 0.25) is 0 Å². The maximum Gasteiger partial charge on any atom is 0.145 e. The lowest BCUT2D eigenvalue weighted by Gasteiger charge is -2.07. The molecule has 16 heavy (non-hydrogen) atoms. The highest BCUT2D eigenvalue weighted by molar-refractivity contribution is 7.80. The molecule has 0 N–H and O–H groups in total.